The van der Waals surface area contributed by atoms with E-state index in [0.29, 0.717) is 60.6 Å². The molecule has 1 spiro atoms. The van der Waals surface area contributed by atoms with Crippen LogP contribution < -0.4 is 21.3 Å². The van der Waals surface area contributed by atoms with Gasteiger partial charge in [-0.1, -0.05) is 23.7 Å². The number of benzene rings is 2. The number of rotatable bonds is 13. The number of aromatic nitrogens is 1. The number of carbonyl (C=O) groups is 4. The summed E-state index contributed by atoms with van der Waals surface area (Å²) in [7, 11) is 1.92. The first-order valence-corrected chi connectivity index (χ1v) is 20.7. The van der Waals surface area contributed by atoms with Crippen LogP contribution in [0.4, 0.5) is 0 Å². The minimum absolute atomic E-state index is 0.0285. The summed E-state index contributed by atoms with van der Waals surface area (Å²) in [5, 5.41) is 14.8. The fraction of sp³-hybridized carbons (Fsp3) is 0.545. The first-order chi connectivity index (χ1) is 26.9. The third kappa shape index (κ3) is 9.84. The second-order valence-electron chi connectivity index (χ2n) is 18.7. The highest BCUT2D eigenvalue weighted by Crippen LogP contribution is 2.51. The smallest absolute Gasteiger partial charge is 0.287 e. The lowest BCUT2D eigenvalue weighted by Crippen LogP contribution is -2.64. The van der Waals surface area contributed by atoms with Crippen molar-refractivity contribution in [3.05, 3.63) is 70.6 Å². The third-order valence-corrected chi connectivity index (χ3v) is 12.0. The number of nitrogens with zero attached hydrogens (tertiary/aromatic N) is 3. The lowest BCUT2D eigenvalue weighted by atomic mass is 9.57. The van der Waals surface area contributed by atoms with Gasteiger partial charge < -0.3 is 30.3 Å². The second-order valence-corrected chi connectivity index (χ2v) is 19.2. The normalized spacial score (nSPS) is 18.0. The Morgan fingerprint density at radius 2 is 1.49 bits per heavy atom. The number of furan rings is 1. The molecule has 2 saturated heterocycles. The highest BCUT2D eigenvalue weighted by molar-refractivity contribution is 6.31. The standard InChI is InChI=1S/C44H58ClN7O5/c1-42(2,3)48-38(53)25-52-26-44(27-52)18-29(19-44)22-47-41(56)37-17-32-30(8-7-9-36(32)57-37)20-43(4,5)49-39(54)24-51-14-12-28(13-15-51)21-46-40(55)34-23-50(6)35-11-10-31(45)16-33(34)35/h7-11,16-17,23,28-29H,12-15,18-22,24-27H2,1-6H3,(H,46,55)(H,47,56)(H,48,53)(H,49,54). The molecule has 1 aliphatic carbocycles. The van der Waals surface area contributed by atoms with E-state index >= 15 is 0 Å². The fourth-order valence-electron chi connectivity index (χ4n) is 9.32. The van der Waals surface area contributed by atoms with Crippen LogP contribution in [0.15, 0.2) is 53.1 Å². The van der Waals surface area contributed by atoms with Crippen LogP contribution in [0.2, 0.25) is 5.02 Å². The average molecular weight is 800 g/mol. The number of hydrogen-bond acceptors (Lipinski definition) is 7. The van der Waals surface area contributed by atoms with Crippen LogP contribution in [-0.2, 0) is 23.1 Å². The van der Waals surface area contributed by atoms with Gasteiger partial charge in [-0.15, -0.1) is 0 Å². The van der Waals surface area contributed by atoms with Crippen molar-refractivity contribution < 1.29 is 23.6 Å². The van der Waals surface area contributed by atoms with Crippen LogP contribution in [0, 0.1) is 17.3 Å². The quantitative estimate of drug-likeness (QED) is 0.140. The predicted octanol–water partition coefficient (Wildman–Crippen LogP) is 5.51. The molecule has 4 heterocycles. The lowest BCUT2D eigenvalue weighted by Gasteiger charge is -2.59. The van der Waals surface area contributed by atoms with Gasteiger partial charge in [0.25, 0.3) is 11.8 Å². The minimum atomic E-state index is -0.535. The summed E-state index contributed by atoms with van der Waals surface area (Å²) in [6.07, 6.45) is 6.32. The molecule has 4 aromatic rings. The maximum atomic E-state index is 13.3. The van der Waals surface area contributed by atoms with Crippen molar-refractivity contribution in [1.82, 2.24) is 35.6 Å². The summed E-state index contributed by atoms with van der Waals surface area (Å²) in [5.74, 6) is 0.768. The van der Waals surface area contributed by atoms with Crippen LogP contribution in [-0.4, -0.2) is 101 Å². The van der Waals surface area contributed by atoms with Crippen LogP contribution in [0.25, 0.3) is 21.9 Å². The molecule has 2 aliphatic heterocycles. The van der Waals surface area contributed by atoms with Crippen LogP contribution in [0.5, 0.6) is 0 Å². The highest BCUT2D eigenvalue weighted by atomic mass is 35.5. The number of hydrogen-bond donors (Lipinski definition) is 4. The van der Waals surface area contributed by atoms with Gasteiger partial charge in [0, 0.05) is 71.8 Å². The molecular weight excluding hydrogens is 742 g/mol. The summed E-state index contributed by atoms with van der Waals surface area (Å²) < 4.78 is 7.95. The molecule has 13 heteroatoms. The third-order valence-electron chi connectivity index (χ3n) is 11.8. The molecule has 0 bridgehead atoms. The Labute approximate surface area is 340 Å². The molecule has 0 unspecified atom stereocenters. The van der Waals surface area contributed by atoms with Crippen molar-refractivity contribution in [3.63, 3.8) is 0 Å². The Bertz CT molecular complexity index is 2140. The summed E-state index contributed by atoms with van der Waals surface area (Å²) in [6.45, 7) is 15.4. The van der Waals surface area contributed by atoms with Crippen molar-refractivity contribution in [3.8, 4) is 0 Å². The van der Waals surface area contributed by atoms with Crippen molar-refractivity contribution in [1.29, 1.82) is 0 Å². The Hall–Kier alpha value is -4.39. The average Bonchev–Trinajstić information content (AvgIpc) is 3.68. The van der Waals surface area contributed by atoms with E-state index in [4.69, 9.17) is 16.0 Å². The zero-order valence-electron chi connectivity index (χ0n) is 34.2. The van der Waals surface area contributed by atoms with Gasteiger partial charge >= 0.3 is 0 Å². The maximum absolute atomic E-state index is 13.3. The highest BCUT2D eigenvalue weighted by Gasteiger charge is 2.52. The molecule has 0 atom stereocenters. The van der Waals surface area contributed by atoms with Crippen LogP contribution >= 0.6 is 11.6 Å². The number of piperidine rings is 1. The first-order valence-electron chi connectivity index (χ1n) is 20.3. The van der Waals surface area contributed by atoms with E-state index in [9.17, 15) is 19.2 Å². The van der Waals surface area contributed by atoms with E-state index in [0.717, 1.165) is 73.7 Å². The van der Waals surface area contributed by atoms with Gasteiger partial charge in [-0.05, 0) is 133 Å². The Balaban J connectivity index is 0.826. The molecule has 0 radical (unpaired) electrons. The number of aryl methyl sites for hydroxylation is 1. The molecule has 3 aliphatic rings. The molecule has 57 heavy (non-hydrogen) atoms. The van der Waals surface area contributed by atoms with E-state index in [1.807, 2.05) is 94.9 Å². The zero-order valence-corrected chi connectivity index (χ0v) is 35.0. The fourth-order valence-corrected chi connectivity index (χ4v) is 9.49. The summed E-state index contributed by atoms with van der Waals surface area (Å²) in [4.78, 5) is 56.2. The molecule has 4 amide bonds. The number of fused-ring (bicyclic) bond motifs is 2. The van der Waals surface area contributed by atoms with Gasteiger partial charge in [0.1, 0.15) is 5.58 Å². The summed E-state index contributed by atoms with van der Waals surface area (Å²) in [5.41, 5.74) is 2.75. The zero-order chi connectivity index (χ0) is 40.7. The van der Waals surface area contributed by atoms with E-state index in [1.54, 1.807) is 0 Å². The van der Waals surface area contributed by atoms with E-state index in [-0.39, 0.29) is 40.3 Å². The Morgan fingerprint density at radius 1 is 0.825 bits per heavy atom. The molecule has 4 N–H and O–H groups in total. The first kappa shape index (κ1) is 40.8. The molecule has 306 valence electrons. The largest absolute Gasteiger partial charge is 0.451 e. The minimum Gasteiger partial charge on any atom is -0.451 e. The number of halogens is 1. The monoisotopic (exact) mass is 799 g/mol. The number of amides is 4. The van der Waals surface area contributed by atoms with Crippen molar-refractivity contribution >= 4 is 57.1 Å². The number of nitrogens with one attached hydrogen (secondary N) is 4. The van der Waals surface area contributed by atoms with E-state index in [1.165, 1.54) is 0 Å². The summed E-state index contributed by atoms with van der Waals surface area (Å²) >= 11 is 6.21. The van der Waals surface area contributed by atoms with Crippen molar-refractivity contribution in [2.45, 2.75) is 77.8 Å². The molecule has 3 fully saturated rings. The Kier molecular flexibility index (Phi) is 11.5. The van der Waals surface area contributed by atoms with E-state index in [2.05, 4.69) is 31.1 Å². The molecule has 2 aromatic heterocycles. The Morgan fingerprint density at radius 3 is 2.21 bits per heavy atom. The number of carbonyl (C=O) groups excluding carboxylic acids is 4. The van der Waals surface area contributed by atoms with Gasteiger partial charge in [0.2, 0.25) is 11.8 Å². The van der Waals surface area contributed by atoms with Gasteiger partial charge in [0.05, 0.1) is 18.7 Å². The van der Waals surface area contributed by atoms with Crippen molar-refractivity contribution in [2.24, 2.45) is 24.3 Å². The van der Waals surface area contributed by atoms with Gasteiger partial charge in [-0.3, -0.25) is 29.0 Å². The maximum Gasteiger partial charge on any atom is 0.287 e. The van der Waals surface area contributed by atoms with Gasteiger partial charge in [-0.2, -0.15) is 0 Å². The topological polar surface area (TPSA) is 141 Å². The lowest BCUT2D eigenvalue weighted by molar-refractivity contribution is -0.133. The van der Waals surface area contributed by atoms with E-state index < -0.39 is 5.54 Å². The molecule has 2 aromatic carbocycles. The van der Waals surface area contributed by atoms with Gasteiger partial charge in [-0.25, -0.2) is 0 Å². The second kappa shape index (κ2) is 16.1. The van der Waals surface area contributed by atoms with Crippen LogP contribution in [0.3, 0.4) is 0 Å². The molecule has 1 saturated carbocycles. The molecular formula is C44H58ClN7O5. The SMILES string of the molecule is Cn1cc(C(=O)NCC2CCN(CC(=O)NC(C)(C)Cc3cccc4oc(C(=O)NCC5CC6(C5)CN(CC(=O)NC(C)(C)C)C6)cc34)CC2)c2cc(Cl)ccc21. The number of likely N-dealkylation sites (tertiary alicyclic amines) is 2. The van der Waals surface area contributed by atoms with Crippen molar-refractivity contribution in [2.75, 3.05) is 52.4 Å². The molecule has 7 rings (SSSR count). The predicted molar refractivity (Wildman–Crippen MR) is 223 cm³/mol. The summed E-state index contributed by atoms with van der Waals surface area (Å²) in [6, 6.07) is 13.2. The molecule has 12 nitrogen and oxygen atoms in total. The van der Waals surface area contributed by atoms with Gasteiger partial charge in [0.15, 0.2) is 5.76 Å². The van der Waals surface area contributed by atoms with Crippen LogP contribution in [0.1, 0.15) is 86.8 Å².